The molecule has 112 valence electrons. The number of nitrogens with zero attached hydrogens (tertiary/aromatic N) is 1. The number of halogens is 5. The topological polar surface area (TPSA) is 48.4 Å². The zero-order chi connectivity index (χ0) is 15.3. The minimum atomic E-state index is -4.81. The highest BCUT2D eigenvalue weighted by atomic mass is 127. The number of hydrogen-bond acceptors (Lipinski definition) is 4. The lowest BCUT2D eigenvalue weighted by atomic mass is 10.1. The molecule has 0 aliphatic rings. The van der Waals surface area contributed by atoms with Gasteiger partial charge in [-0.05, 0) is 41.1 Å². The first-order valence-corrected chi connectivity index (χ1v) is 7.62. The summed E-state index contributed by atoms with van der Waals surface area (Å²) in [6.45, 7) is 1.91. The zero-order valence-electron chi connectivity index (χ0n) is 10.3. The highest BCUT2D eigenvalue weighted by Crippen LogP contribution is 2.28. The third-order valence-corrected chi connectivity index (χ3v) is 3.40. The first kappa shape index (κ1) is 17.5. The minimum absolute atomic E-state index is 0.0515. The number of ether oxygens (including phenoxy) is 2. The van der Waals surface area contributed by atoms with Gasteiger partial charge in [-0.3, -0.25) is 4.79 Å². The summed E-state index contributed by atoms with van der Waals surface area (Å²) in [6.07, 6.45) is -4.86. The number of carbonyl (C=O) groups is 1. The van der Waals surface area contributed by atoms with Gasteiger partial charge < -0.3 is 9.47 Å². The number of alkyl halides is 4. The van der Waals surface area contributed by atoms with E-state index < -0.39 is 18.2 Å². The average Bonchev–Trinajstić information content (AvgIpc) is 2.31. The van der Waals surface area contributed by atoms with E-state index in [0.29, 0.717) is 11.3 Å². The first-order chi connectivity index (χ1) is 9.26. The van der Waals surface area contributed by atoms with Gasteiger partial charge >= 0.3 is 12.3 Å². The number of carbonyl (C=O) groups excluding carboxylic acids is 1. The van der Waals surface area contributed by atoms with Crippen molar-refractivity contribution in [3.63, 3.8) is 0 Å². The number of esters is 1. The van der Waals surface area contributed by atoms with Crippen molar-refractivity contribution in [3.8, 4) is 5.88 Å². The van der Waals surface area contributed by atoms with E-state index in [1.54, 1.807) is 29.5 Å². The van der Waals surface area contributed by atoms with Crippen LogP contribution in [0.1, 0.15) is 18.2 Å². The second kappa shape index (κ2) is 7.43. The number of hydrogen-bond donors (Lipinski definition) is 0. The third kappa shape index (κ3) is 5.43. The quantitative estimate of drug-likeness (QED) is 0.377. The van der Waals surface area contributed by atoms with E-state index in [0.717, 1.165) is 0 Å². The standard InChI is InChI=1S/C11H10BrF3INO3/c1-2-19-9(18)4-6-3-7(16)10(17-8(6)5-12)20-11(13,14)15/h3H,2,4-5H2,1H3. The van der Waals surface area contributed by atoms with Crippen molar-refractivity contribution in [1.29, 1.82) is 0 Å². The van der Waals surface area contributed by atoms with Gasteiger partial charge in [-0.25, -0.2) is 4.98 Å². The molecule has 9 heteroatoms. The summed E-state index contributed by atoms with van der Waals surface area (Å²) in [4.78, 5) is 15.2. The molecular formula is C11H10BrF3INO3. The molecule has 1 rings (SSSR count). The number of pyridine rings is 1. The van der Waals surface area contributed by atoms with Crippen molar-refractivity contribution in [2.45, 2.75) is 25.0 Å². The van der Waals surface area contributed by atoms with E-state index in [9.17, 15) is 18.0 Å². The van der Waals surface area contributed by atoms with E-state index in [2.05, 4.69) is 25.7 Å². The van der Waals surface area contributed by atoms with Crippen LogP contribution in [-0.2, 0) is 21.3 Å². The van der Waals surface area contributed by atoms with E-state index in [1.807, 2.05) is 0 Å². The van der Waals surface area contributed by atoms with E-state index >= 15 is 0 Å². The molecule has 0 saturated heterocycles. The maximum atomic E-state index is 12.2. The fourth-order valence-electron chi connectivity index (χ4n) is 1.36. The maximum absolute atomic E-state index is 12.2. The molecule has 0 N–H and O–H groups in total. The first-order valence-electron chi connectivity index (χ1n) is 5.42. The van der Waals surface area contributed by atoms with Crippen LogP contribution in [0.25, 0.3) is 0 Å². The van der Waals surface area contributed by atoms with Crippen molar-refractivity contribution in [3.05, 3.63) is 20.9 Å². The molecule has 0 aliphatic carbocycles. The van der Waals surface area contributed by atoms with Crippen LogP contribution in [0.3, 0.4) is 0 Å². The second-order valence-corrected chi connectivity index (χ2v) is 5.27. The maximum Gasteiger partial charge on any atom is 0.574 e. The molecule has 4 nitrogen and oxygen atoms in total. The largest absolute Gasteiger partial charge is 0.574 e. The predicted molar refractivity (Wildman–Crippen MR) is 76.6 cm³/mol. The van der Waals surface area contributed by atoms with E-state index in [-0.39, 0.29) is 21.9 Å². The van der Waals surface area contributed by atoms with Gasteiger partial charge in [0.2, 0.25) is 5.88 Å². The Balaban J connectivity index is 3.04. The summed E-state index contributed by atoms with van der Waals surface area (Å²) in [5.74, 6) is -0.989. The summed E-state index contributed by atoms with van der Waals surface area (Å²) in [7, 11) is 0. The van der Waals surface area contributed by atoms with Gasteiger partial charge in [0.05, 0.1) is 22.3 Å². The van der Waals surface area contributed by atoms with Crippen LogP contribution in [0.15, 0.2) is 6.07 Å². The van der Waals surface area contributed by atoms with Crippen molar-refractivity contribution >= 4 is 44.5 Å². The molecule has 0 saturated carbocycles. The van der Waals surface area contributed by atoms with E-state index in [1.165, 1.54) is 6.07 Å². The molecule has 1 aromatic rings. The van der Waals surface area contributed by atoms with Crippen molar-refractivity contribution < 1.29 is 27.4 Å². The Morgan fingerprint density at radius 1 is 1.50 bits per heavy atom. The Morgan fingerprint density at radius 3 is 2.65 bits per heavy atom. The van der Waals surface area contributed by atoms with Gasteiger partial charge in [0.15, 0.2) is 0 Å². The Kier molecular flexibility index (Phi) is 6.49. The molecule has 0 spiro atoms. The molecule has 0 amide bonds. The normalized spacial score (nSPS) is 11.3. The highest BCUT2D eigenvalue weighted by molar-refractivity contribution is 14.1. The zero-order valence-corrected chi connectivity index (χ0v) is 14.0. The van der Waals surface area contributed by atoms with Crippen molar-refractivity contribution in [2.75, 3.05) is 6.61 Å². The summed E-state index contributed by atoms with van der Waals surface area (Å²) >= 11 is 4.79. The Morgan fingerprint density at radius 2 is 2.15 bits per heavy atom. The SMILES string of the molecule is CCOC(=O)Cc1cc(I)c(OC(F)(F)F)nc1CBr. The molecule has 0 radical (unpaired) electrons. The summed E-state index contributed by atoms with van der Waals surface area (Å²) < 4.78 is 45.4. The summed E-state index contributed by atoms with van der Waals surface area (Å²) in [6, 6.07) is 1.43. The average molecular weight is 468 g/mol. The lowest BCUT2D eigenvalue weighted by molar-refractivity contribution is -0.276. The molecule has 1 aromatic heterocycles. The Hall–Kier alpha value is -0.580. The molecule has 0 bridgehead atoms. The van der Waals surface area contributed by atoms with Gasteiger partial charge in [0.1, 0.15) is 0 Å². The predicted octanol–water partition coefficient (Wildman–Crippen LogP) is 3.59. The molecule has 0 fully saturated rings. The Bertz CT molecular complexity index is 497. The summed E-state index contributed by atoms with van der Waals surface area (Å²) in [5.41, 5.74) is 0.803. The highest BCUT2D eigenvalue weighted by Gasteiger charge is 2.33. The van der Waals surface area contributed by atoms with Crippen LogP contribution >= 0.6 is 38.5 Å². The monoisotopic (exact) mass is 467 g/mol. The van der Waals surface area contributed by atoms with Gasteiger partial charge in [0.25, 0.3) is 0 Å². The fraction of sp³-hybridized carbons (Fsp3) is 0.455. The van der Waals surface area contributed by atoms with Crippen LogP contribution < -0.4 is 4.74 Å². The molecule has 0 unspecified atom stereocenters. The van der Waals surface area contributed by atoms with Crippen LogP contribution in [0.5, 0.6) is 5.88 Å². The van der Waals surface area contributed by atoms with Gasteiger partial charge in [-0.2, -0.15) is 0 Å². The van der Waals surface area contributed by atoms with Gasteiger partial charge in [-0.15, -0.1) is 13.2 Å². The fourth-order valence-corrected chi connectivity index (χ4v) is 2.46. The minimum Gasteiger partial charge on any atom is -0.466 e. The van der Waals surface area contributed by atoms with Crippen LogP contribution in [0, 0.1) is 3.57 Å². The number of aromatic nitrogens is 1. The molecule has 0 atom stereocenters. The van der Waals surface area contributed by atoms with Crippen LogP contribution in [0.4, 0.5) is 13.2 Å². The van der Waals surface area contributed by atoms with Crippen LogP contribution in [0.2, 0.25) is 0 Å². The summed E-state index contributed by atoms with van der Waals surface area (Å²) in [5, 5.41) is 0.201. The smallest absolute Gasteiger partial charge is 0.466 e. The van der Waals surface area contributed by atoms with Crippen LogP contribution in [-0.4, -0.2) is 23.9 Å². The number of rotatable bonds is 5. The van der Waals surface area contributed by atoms with Gasteiger partial charge in [0, 0.05) is 5.33 Å². The lowest BCUT2D eigenvalue weighted by Crippen LogP contribution is -2.19. The molecular weight excluding hydrogens is 458 g/mol. The van der Waals surface area contributed by atoms with E-state index in [4.69, 9.17) is 4.74 Å². The molecule has 20 heavy (non-hydrogen) atoms. The second-order valence-electron chi connectivity index (χ2n) is 3.54. The molecule has 0 aromatic carbocycles. The Labute approximate surface area is 135 Å². The van der Waals surface area contributed by atoms with Crippen molar-refractivity contribution in [1.82, 2.24) is 4.98 Å². The third-order valence-electron chi connectivity index (χ3n) is 2.09. The molecule has 1 heterocycles. The van der Waals surface area contributed by atoms with Gasteiger partial charge in [-0.1, -0.05) is 15.9 Å². The molecule has 0 aliphatic heterocycles. The van der Waals surface area contributed by atoms with Crippen molar-refractivity contribution in [2.24, 2.45) is 0 Å². The lowest BCUT2D eigenvalue weighted by Gasteiger charge is -2.13.